The second-order valence-electron chi connectivity index (χ2n) is 6.22. The van der Waals surface area contributed by atoms with Gasteiger partial charge in [0, 0.05) is 23.6 Å². The van der Waals surface area contributed by atoms with Gasteiger partial charge in [0.1, 0.15) is 0 Å². The number of aryl methyl sites for hydroxylation is 1. The molecule has 0 aliphatic carbocycles. The predicted octanol–water partition coefficient (Wildman–Crippen LogP) is 2.44. The third-order valence-electron chi connectivity index (χ3n) is 4.33. The highest BCUT2D eigenvalue weighted by Gasteiger charge is 2.20. The van der Waals surface area contributed by atoms with Crippen molar-refractivity contribution in [3.05, 3.63) is 51.7 Å². The number of benzene rings is 1. The van der Waals surface area contributed by atoms with E-state index in [1.165, 1.54) is 24.3 Å². The van der Waals surface area contributed by atoms with E-state index in [0.29, 0.717) is 18.7 Å². The lowest BCUT2D eigenvalue weighted by atomic mass is 10.2. The molecule has 1 amide bonds. The number of nitrogens with one attached hydrogen (secondary N) is 2. The molecule has 6 nitrogen and oxygen atoms in total. The number of hydrogen-bond donors (Lipinski definition) is 2. The van der Waals surface area contributed by atoms with Crippen LogP contribution in [0.3, 0.4) is 0 Å². The van der Waals surface area contributed by atoms with Crippen LogP contribution in [-0.4, -0.2) is 33.6 Å². The SMILES string of the molecule is Cc1ccsc1CNC(=O)c1ccc(S(=O)(=O)NCC2CCCO2)cc1. The first-order chi connectivity index (χ1) is 12.5. The minimum absolute atomic E-state index is 0.0597. The first kappa shape index (κ1) is 19.0. The molecule has 1 aliphatic rings. The third kappa shape index (κ3) is 4.70. The van der Waals surface area contributed by atoms with Gasteiger partial charge in [0.2, 0.25) is 10.0 Å². The number of thiophene rings is 1. The maximum Gasteiger partial charge on any atom is 0.251 e. The fourth-order valence-corrected chi connectivity index (χ4v) is 4.64. The fourth-order valence-electron chi connectivity index (χ4n) is 2.72. The average molecular weight is 395 g/mol. The predicted molar refractivity (Wildman–Crippen MR) is 101 cm³/mol. The summed E-state index contributed by atoms with van der Waals surface area (Å²) in [4.78, 5) is 13.5. The Morgan fingerprint density at radius 3 is 2.65 bits per heavy atom. The lowest BCUT2D eigenvalue weighted by Crippen LogP contribution is -2.31. The second-order valence-corrected chi connectivity index (χ2v) is 8.99. The van der Waals surface area contributed by atoms with Gasteiger partial charge in [0.25, 0.3) is 5.91 Å². The molecule has 1 saturated heterocycles. The Labute approximate surface area is 157 Å². The van der Waals surface area contributed by atoms with Crippen molar-refractivity contribution < 1.29 is 17.9 Å². The molecule has 0 spiro atoms. The first-order valence-electron chi connectivity index (χ1n) is 8.48. The summed E-state index contributed by atoms with van der Waals surface area (Å²) in [7, 11) is -3.60. The Hall–Kier alpha value is -1.74. The highest BCUT2D eigenvalue weighted by atomic mass is 32.2. The standard InChI is InChI=1S/C18H22N2O4S2/c1-13-8-10-25-17(13)12-19-18(21)14-4-6-16(7-5-14)26(22,23)20-11-15-3-2-9-24-15/h4-8,10,15,20H,2-3,9,11-12H2,1H3,(H,19,21). The second kappa shape index (κ2) is 8.30. The summed E-state index contributed by atoms with van der Waals surface area (Å²) in [5.41, 5.74) is 1.58. The van der Waals surface area contributed by atoms with Gasteiger partial charge in [-0.1, -0.05) is 0 Å². The van der Waals surface area contributed by atoms with Crippen molar-refractivity contribution >= 4 is 27.3 Å². The summed E-state index contributed by atoms with van der Waals surface area (Å²) in [5.74, 6) is -0.228. The summed E-state index contributed by atoms with van der Waals surface area (Å²) >= 11 is 1.60. The molecule has 1 aromatic heterocycles. The molecule has 26 heavy (non-hydrogen) atoms. The van der Waals surface area contributed by atoms with Crippen LogP contribution < -0.4 is 10.0 Å². The van der Waals surface area contributed by atoms with E-state index in [9.17, 15) is 13.2 Å². The Balaban J connectivity index is 1.58. The lowest BCUT2D eigenvalue weighted by molar-refractivity contribution is 0.0951. The van der Waals surface area contributed by atoms with Gasteiger partial charge in [-0.15, -0.1) is 11.3 Å². The summed E-state index contributed by atoms with van der Waals surface area (Å²) in [5, 5.41) is 4.84. The molecule has 3 rings (SSSR count). The number of sulfonamides is 1. The van der Waals surface area contributed by atoms with Crippen LogP contribution in [0.25, 0.3) is 0 Å². The lowest BCUT2D eigenvalue weighted by Gasteiger charge is -2.11. The molecular weight excluding hydrogens is 372 g/mol. The Kier molecular flexibility index (Phi) is 6.08. The highest BCUT2D eigenvalue weighted by molar-refractivity contribution is 7.89. The maximum absolute atomic E-state index is 12.3. The van der Waals surface area contributed by atoms with Crippen molar-refractivity contribution in [2.24, 2.45) is 0 Å². The quantitative estimate of drug-likeness (QED) is 0.755. The van der Waals surface area contributed by atoms with Crippen molar-refractivity contribution in [3.8, 4) is 0 Å². The van der Waals surface area contributed by atoms with Gasteiger partial charge >= 0.3 is 0 Å². The molecule has 2 N–H and O–H groups in total. The van der Waals surface area contributed by atoms with Gasteiger partial charge in [-0.3, -0.25) is 4.79 Å². The van der Waals surface area contributed by atoms with Crippen LogP contribution in [0.5, 0.6) is 0 Å². The smallest absolute Gasteiger partial charge is 0.251 e. The van der Waals surface area contributed by atoms with E-state index in [4.69, 9.17) is 4.74 Å². The van der Waals surface area contributed by atoms with Crippen LogP contribution in [0.2, 0.25) is 0 Å². The van der Waals surface area contributed by atoms with Crippen LogP contribution in [0, 0.1) is 6.92 Å². The first-order valence-corrected chi connectivity index (χ1v) is 10.8. The topological polar surface area (TPSA) is 84.5 Å². The minimum atomic E-state index is -3.60. The van der Waals surface area contributed by atoms with Gasteiger partial charge in [0.05, 0.1) is 17.5 Å². The molecule has 1 fully saturated rings. The largest absolute Gasteiger partial charge is 0.377 e. The zero-order valence-corrected chi connectivity index (χ0v) is 16.2. The van der Waals surface area contributed by atoms with E-state index >= 15 is 0 Å². The zero-order valence-electron chi connectivity index (χ0n) is 14.5. The minimum Gasteiger partial charge on any atom is -0.377 e. The third-order valence-corrected chi connectivity index (χ3v) is 6.79. The number of carbonyl (C=O) groups is 1. The van der Waals surface area contributed by atoms with E-state index < -0.39 is 10.0 Å². The Morgan fingerprint density at radius 1 is 1.27 bits per heavy atom. The molecule has 2 heterocycles. The van der Waals surface area contributed by atoms with E-state index in [2.05, 4.69) is 10.0 Å². The van der Waals surface area contributed by atoms with Gasteiger partial charge in [-0.05, 0) is 61.0 Å². The molecule has 2 aromatic rings. The van der Waals surface area contributed by atoms with Gasteiger partial charge in [-0.25, -0.2) is 13.1 Å². The fraction of sp³-hybridized carbons (Fsp3) is 0.389. The van der Waals surface area contributed by atoms with Crippen molar-refractivity contribution in [3.63, 3.8) is 0 Å². The van der Waals surface area contributed by atoms with Crippen LogP contribution in [-0.2, 0) is 21.3 Å². The number of rotatable bonds is 7. The highest BCUT2D eigenvalue weighted by Crippen LogP contribution is 2.16. The van der Waals surface area contributed by atoms with Crippen LogP contribution >= 0.6 is 11.3 Å². The van der Waals surface area contributed by atoms with E-state index in [1.807, 2.05) is 18.4 Å². The van der Waals surface area contributed by atoms with Crippen LogP contribution in [0.1, 0.15) is 33.6 Å². The molecule has 0 bridgehead atoms. The van der Waals surface area contributed by atoms with Crippen molar-refractivity contribution in [1.82, 2.24) is 10.0 Å². The number of ether oxygens (including phenoxy) is 1. The van der Waals surface area contributed by atoms with Crippen LogP contribution in [0.4, 0.5) is 0 Å². The molecular formula is C18H22N2O4S2. The van der Waals surface area contributed by atoms with Gasteiger partial charge in [-0.2, -0.15) is 0 Å². The van der Waals surface area contributed by atoms with Crippen molar-refractivity contribution in [2.45, 2.75) is 37.3 Å². The molecule has 1 aromatic carbocycles. The van der Waals surface area contributed by atoms with E-state index in [1.54, 1.807) is 11.3 Å². The normalized spacial score (nSPS) is 17.3. The molecule has 1 unspecified atom stereocenters. The van der Waals surface area contributed by atoms with E-state index in [-0.39, 0.29) is 23.5 Å². The maximum atomic E-state index is 12.3. The summed E-state index contributed by atoms with van der Waals surface area (Å²) in [6.45, 7) is 3.42. The van der Waals surface area contributed by atoms with Crippen molar-refractivity contribution in [2.75, 3.05) is 13.2 Å². The Bertz CT molecular complexity index is 854. The molecule has 8 heteroatoms. The van der Waals surface area contributed by atoms with Crippen LogP contribution in [0.15, 0.2) is 40.6 Å². The summed E-state index contributed by atoms with van der Waals surface area (Å²) < 4.78 is 32.6. The number of hydrogen-bond acceptors (Lipinski definition) is 5. The average Bonchev–Trinajstić information content (AvgIpc) is 3.30. The number of amides is 1. The Morgan fingerprint density at radius 2 is 2.04 bits per heavy atom. The van der Waals surface area contributed by atoms with Gasteiger partial charge < -0.3 is 10.1 Å². The van der Waals surface area contributed by atoms with E-state index in [0.717, 1.165) is 23.3 Å². The monoisotopic (exact) mass is 394 g/mol. The van der Waals surface area contributed by atoms with Crippen molar-refractivity contribution in [1.29, 1.82) is 0 Å². The number of carbonyl (C=O) groups excluding carboxylic acids is 1. The molecule has 0 saturated carbocycles. The summed E-state index contributed by atoms with van der Waals surface area (Å²) in [6.07, 6.45) is 1.77. The molecule has 1 aliphatic heterocycles. The molecule has 0 radical (unpaired) electrons. The molecule has 1 atom stereocenters. The molecule has 140 valence electrons. The zero-order chi connectivity index (χ0) is 18.6. The summed E-state index contributed by atoms with van der Waals surface area (Å²) in [6, 6.07) is 7.95. The van der Waals surface area contributed by atoms with Gasteiger partial charge in [0.15, 0.2) is 0 Å².